The quantitative estimate of drug-likeness (QED) is 0.849. The Labute approximate surface area is 143 Å². The molecule has 2 heterocycles. The summed E-state index contributed by atoms with van der Waals surface area (Å²) in [5, 5.41) is 0. The summed E-state index contributed by atoms with van der Waals surface area (Å²) in [5.41, 5.74) is 0.809. The normalized spacial score (nSPS) is 15.0. The van der Waals surface area contributed by atoms with E-state index in [0.29, 0.717) is 30.8 Å². The zero-order chi connectivity index (χ0) is 18.0. The van der Waals surface area contributed by atoms with Crippen LogP contribution in [0.15, 0.2) is 24.5 Å². The van der Waals surface area contributed by atoms with Gasteiger partial charge in [-0.3, -0.25) is 4.79 Å². The summed E-state index contributed by atoms with van der Waals surface area (Å²) in [6, 6.07) is 3.55. The summed E-state index contributed by atoms with van der Waals surface area (Å²) in [6.07, 6.45) is 1.72. The molecular formula is C17H17F3N4O. The summed E-state index contributed by atoms with van der Waals surface area (Å²) >= 11 is 0. The Morgan fingerprint density at radius 3 is 2.60 bits per heavy atom. The maximum absolute atomic E-state index is 14.3. The van der Waals surface area contributed by atoms with Gasteiger partial charge in [0, 0.05) is 19.6 Å². The highest BCUT2D eigenvalue weighted by Crippen LogP contribution is 2.21. The fourth-order valence-electron chi connectivity index (χ4n) is 2.78. The second kappa shape index (κ2) is 7.08. The van der Waals surface area contributed by atoms with Crippen LogP contribution in [-0.2, 0) is 17.8 Å². The van der Waals surface area contributed by atoms with Crippen LogP contribution in [0.25, 0.3) is 0 Å². The van der Waals surface area contributed by atoms with Crippen LogP contribution in [0.3, 0.4) is 0 Å². The molecular weight excluding hydrogens is 333 g/mol. The molecule has 3 rings (SSSR count). The van der Waals surface area contributed by atoms with E-state index >= 15 is 0 Å². The van der Waals surface area contributed by atoms with Gasteiger partial charge in [-0.05, 0) is 24.1 Å². The molecule has 0 aliphatic carbocycles. The van der Waals surface area contributed by atoms with Crippen molar-refractivity contribution in [1.82, 2.24) is 14.9 Å². The van der Waals surface area contributed by atoms with E-state index in [1.807, 2.05) is 0 Å². The number of piperazine rings is 1. The molecule has 2 aromatic rings. The monoisotopic (exact) mass is 350 g/mol. The molecule has 0 saturated carbocycles. The highest BCUT2D eigenvalue weighted by atomic mass is 19.2. The number of anilines is 1. The maximum Gasteiger partial charge on any atom is 0.242 e. The SMILES string of the molecule is CCc1ncnc(N2CCN(Cc3ccc(F)c(F)c3)C(=O)C2)c1F. The van der Waals surface area contributed by atoms with Gasteiger partial charge in [-0.15, -0.1) is 0 Å². The number of hydrogen-bond donors (Lipinski definition) is 0. The lowest BCUT2D eigenvalue weighted by Crippen LogP contribution is -2.50. The molecule has 1 amide bonds. The Kier molecular flexibility index (Phi) is 4.87. The minimum Gasteiger partial charge on any atom is -0.343 e. The molecule has 1 aromatic heterocycles. The topological polar surface area (TPSA) is 49.3 Å². The average molecular weight is 350 g/mol. The molecule has 8 heteroatoms. The second-order valence-corrected chi connectivity index (χ2v) is 5.80. The van der Waals surface area contributed by atoms with Crippen molar-refractivity contribution in [3.05, 3.63) is 53.2 Å². The van der Waals surface area contributed by atoms with Gasteiger partial charge in [0.15, 0.2) is 23.3 Å². The van der Waals surface area contributed by atoms with Crippen LogP contribution in [0.4, 0.5) is 19.0 Å². The first-order chi connectivity index (χ1) is 12.0. The van der Waals surface area contributed by atoms with Gasteiger partial charge in [0.2, 0.25) is 5.91 Å². The van der Waals surface area contributed by atoms with Crippen molar-refractivity contribution in [3.63, 3.8) is 0 Å². The van der Waals surface area contributed by atoms with Crippen molar-refractivity contribution in [3.8, 4) is 0 Å². The molecule has 1 aliphatic rings. The van der Waals surface area contributed by atoms with E-state index in [1.54, 1.807) is 11.8 Å². The van der Waals surface area contributed by atoms with E-state index in [4.69, 9.17) is 0 Å². The first-order valence-electron chi connectivity index (χ1n) is 7.95. The largest absolute Gasteiger partial charge is 0.343 e. The molecule has 1 aliphatic heterocycles. The van der Waals surface area contributed by atoms with Crippen molar-refractivity contribution >= 4 is 11.7 Å². The van der Waals surface area contributed by atoms with E-state index in [0.717, 1.165) is 12.1 Å². The first kappa shape index (κ1) is 17.2. The van der Waals surface area contributed by atoms with E-state index in [1.165, 1.54) is 17.3 Å². The molecule has 25 heavy (non-hydrogen) atoms. The van der Waals surface area contributed by atoms with E-state index < -0.39 is 17.5 Å². The zero-order valence-electron chi connectivity index (χ0n) is 13.7. The lowest BCUT2D eigenvalue weighted by Gasteiger charge is -2.35. The average Bonchev–Trinajstić information content (AvgIpc) is 2.60. The Morgan fingerprint density at radius 1 is 1.12 bits per heavy atom. The van der Waals surface area contributed by atoms with Gasteiger partial charge in [-0.25, -0.2) is 23.1 Å². The second-order valence-electron chi connectivity index (χ2n) is 5.80. The molecule has 1 saturated heterocycles. The number of hydrogen-bond acceptors (Lipinski definition) is 4. The number of halogens is 3. The number of carbonyl (C=O) groups excluding carboxylic acids is 1. The van der Waals surface area contributed by atoms with Crippen LogP contribution in [0, 0.1) is 17.5 Å². The molecule has 0 spiro atoms. The Morgan fingerprint density at radius 2 is 1.92 bits per heavy atom. The number of aryl methyl sites for hydroxylation is 1. The summed E-state index contributed by atoms with van der Waals surface area (Å²) in [7, 11) is 0. The molecule has 5 nitrogen and oxygen atoms in total. The van der Waals surface area contributed by atoms with E-state index in [-0.39, 0.29) is 24.8 Å². The minimum absolute atomic E-state index is 0.0270. The van der Waals surface area contributed by atoms with Gasteiger partial charge in [0.1, 0.15) is 6.33 Å². The number of rotatable bonds is 4. The van der Waals surface area contributed by atoms with Crippen molar-refractivity contribution in [2.24, 2.45) is 0 Å². The van der Waals surface area contributed by atoms with Crippen LogP contribution in [0.1, 0.15) is 18.2 Å². The van der Waals surface area contributed by atoms with Crippen molar-refractivity contribution in [2.45, 2.75) is 19.9 Å². The van der Waals surface area contributed by atoms with Crippen LogP contribution in [-0.4, -0.2) is 40.4 Å². The summed E-state index contributed by atoms with van der Waals surface area (Å²) < 4.78 is 40.6. The third-order valence-electron chi connectivity index (χ3n) is 4.15. The predicted molar refractivity (Wildman–Crippen MR) is 85.4 cm³/mol. The minimum atomic E-state index is -0.946. The van der Waals surface area contributed by atoms with Gasteiger partial charge < -0.3 is 9.80 Å². The number of amides is 1. The first-order valence-corrected chi connectivity index (χ1v) is 7.95. The van der Waals surface area contributed by atoms with Gasteiger partial charge in [0.05, 0.1) is 12.2 Å². The Balaban J connectivity index is 1.70. The molecule has 132 valence electrons. The fraction of sp³-hybridized carbons (Fsp3) is 0.353. The Bertz CT molecular complexity index is 799. The van der Waals surface area contributed by atoms with Crippen molar-refractivity contribution in [2.75, 3.05) is 24.5 Å². The highest BCUT2D eigenvalue weighted by Gasteiger charge is 2.27. The van der Waals surface area contributed by atoms with Gasteiger partial charge in [0.25, 0.3) is 0 Å². The summed E-state index contributed by atoms with van der Waals surface area (Å²) in [5.74, 6) is -2.49. The summed E-state index contributed by atoms with van der Waals surface area (Å²) in [4.78, 5) is 23.3. The standard InChI is InChI=1S/C17H17F3N4O/c1-2-14-16(20)17(22-10-21-14)24-6-5-23(15(25)9-24)8-11-3-4-12(18)13(19)7-11/h3-4,7,10H,2,5-6,8-9H2,1H3. The molecule has 0 N–H and O–H groups in total. The molecule has 0 atom stereocenters. The third kappa shape index (κ3) is 3.57. The van der Waals surface area contributed by atoms with Crippen LogP contribution in [0.2, 0.25) is 0 Å². The Hall–Kier alpha value is -2.64. The highest BCUT2D eigenvalue weighted by molar-refractivity contribution is 5.82. The fourth-order valence-corrected chi connectivity index (χ4v) is 2.78. The van der Waals surface area contributed by atoms with Gasteiger partial charge in [-0.1, -0.05) is 13.0 Å². The van der Waals surface area contributed by atoms with Crippen molar-refractivity contribution in [1.29, 1.82) is 0 Å². The van der Waals surface area contributed by atoms with Crippen LogP contribution < -0.4 is 4.90 Å². The number of benzene rings is 1. The lowest BCUT2D eigenvalue weighted by molar-refractivity contribution is -0.131. The summed E-state index contributed by atoms with van der Waals surface area (Å²) in [6.45, 7) is 2.67. The lowest BCUT2D eigenvalue weighted by atomic mass is 10.1. The predicted octanol–water partition coefficient (Wildman–Crippen LogP) is 2.31. The van der Waals surface area contributed by atoms with Crippen molar-refractivity contribution < 1.29 is 18.0 Å². The maximum atomic E-state index is 14.3. The zero-order valence-corrected chi connectivity index (χ0v) is 13.7. The third-order valence-corrected chi connectivity index (χ3v) is 4.15. The molecule has 0 bridgehead atoms. The van der Waals surface area contributed by atoms with Crippen LogP contribution in [0.5, 0.6) is 0 Å². The molecule has 1 fully saturated rings. The van der Waals surface area contributed by atoms with Gasteiger partial charge >= 0.3 is 0 Å². The van der Waals surface area contributed by atoms with Crippen LogP contribution >= 0.6 is 0 Å². The van der Waals surface area contributed by atoms with E-state index in [2.05, 4.69) is 9.97 Å². The molecule has 0 radical (unpaired) electrons. The van der Waals surface area contributed by atoms with Gasteiger partial charge in [-0.2, -0.15) is 0 Å². The van der Waals surface area contributed by atoms with E-state index in [9.17, 15) is 18.0 Å². The number of aromatic nitrogens is 2. The molecule has 1 aromatic carbocycles. The number of nitrogens with zero attached hydrogens (tertiary/aromatic N) is 4. The molecule has 0 unspecified atom stereocenters. The number of carbonyl (C=O) groups is 1. The smallest absolute Gasteiger partial charge is 0.242 e.